The van der Waals surface area contributed by atoms with Crippen LogP contribution in [0.15, 0.2) is 27.1 Å². The van der Waals surface area contributed by atoms with Crippen molar-refractivity contribution < 1.29 is 8.42 Å². The Morgan fingerprint density at radius 3 is 2.78 bits per heavy atom. The monoisotopic (exact) mass is 396 g/mol. The lowest BCUT2D eigenvalue weighted by Gasteiger charge is -2.13. The molecule has 1 atom stereocenters. The third-order valence-electron chi connectivity index (χ3n) is 2.78. The van der Waals surface area contributed by atoms with Crippen LogP contribution in [-0.2, 0) is 10.0 Å². The van der Waals surface area contributed by atoms with Gasteiger partial charge in [-0.25, -0.2) is 8.42 Å². The summed E-state index contributed by atoms with van der Waals surface area (Å²) in [6.07, 6.45) is 1.96. The minimum absolute atomic E-state index is 0.0664. The van der Waals surface area contributed by atoms with Crippen molar-refractivity contribution in [2.45, 2.75) is 18.9 Å². The molecule has 2 rings (SSSR count). The van der Waals surface area contributed by atoms with Crippen molar-refractivity contribution in [2.24, 2.45) is 0 Å². The lowest BCUT2D eigenvalue weighted by molar-refractivity contribution is 0.582. The molecule has 1 fully saturated rings. The fourth-order valence-corrected chi connectivity index (χ4v) is 4.63. The van der Waals surface area contributed by atoms with Gasteiger partial charge in [-0.3, -0.25) is 4.72 Å². The van der Waals surface area contributed by atoms with E-state index >= 15 is 0 Å². The number of rotatable bonds is 4. The van der Waals surface area contributed by atoms with Gasteiger partial charge in [0.05, 0.1) is 11.4 Å². The highest BCUT2D eigenvalue weighted by Crippen LogP contribution is 2.27. The largest absolute Gasteiger partial charge is 0.313 e. The molecule has 1 aromatic carbocycles. The molecule has 1 heterocycles. The summed E-state index contributed by atoms with van der Waals surface area (Å²) in [5.74, 6) is 0.121. The second-order valence-corrected chi connectivity index (χ2v) is 7.84. The topological polar surface area (TPSA) is 58.2 Å². The molecule has 7 heteroatoms. The van der Waals surface area contributed by atoms with Crippen LogP contribution in [-0.4, -0.2) is 26.8 Å². The molecule has 1 unspecified atom stereocenters. The molecular formula is C11H14Br2N2O2S. The zero-order valence-electron chi connectivity index (χ0n) is 9.62. The van der Waals surface area contributed by atoms with Crippen LogP contribution in [0, 0.1) is 0 Å². The van der Waals surface area contributed by atoms with Crippen LogP contribution >= 0.6 is 31.9 Å². The number of hydrogen-bond acceptors (Lipinski definition) is 3. The molecule has 18 heavy (non-hydrogen) atoms. The van der Waals surface area contributed by atoms with Crippen LogP contribution in [0.1, 0.15) is 12.8 Å². The number of benzene rings is 1. The quantitative estimate of drug-likeness (QED) is 0.821. The van der Waals surface area contributed by atoms with E-state index in [4.69, 9.17) is 0 Å². The second-order valence-electron chi connectivity index (χ2n) is 4.30. The first-order valence-electron chi connectivity index (χ1n) is 5.65. The summed E-state index contributed by atoms with van der Waals surface area (Å²) in [6.45, 7) is 0.905. The third-order valence-corrected chi connectivity index (χ3v) is 5.30. The summed E-state index contributed by atoms with van der Waals surface area (Å²) >= 11 is 6.67. The van der Waals surface area contributed by atoms with Gasteiger partial charge in [-0.1, -0.05) is 15.9 Å². The summed E-state index contributed by atoms with van der Waals surface area (Å²) in [5, 5.41) is 3.18. The molecule has 1 aliphatic heterocycles. The van der Waals surface area contributed by atoms with Crippen molar-refractivity contribution in [3.05, 3.63) is 27.1 Å². The minimum atomic E-state index is -3.31. The smallest absolute Gasteiger partial charge is 0.234 e. The Labute approximate surface area is 124 Å². The van der Waals surface area contributed by atoms with E-state index in [1.54, 1.807) is 12.1 Å². The third kappa shape index (κ3) is 3.94. The van der Waals surface area contributed by atoms with Gasteiger partial charge in [0.25, 0.3) is 0 Å². The first-order chi connectivity index (χ1) is 8.46. The summed E-state index contributed by atoms with van der Waals surface area (Å²) in [4.78, 5) is 0. The van der Waals surface area contributed by atoms with E-state index in [1.165, 1.54) is 0 Å². The van der Waals surface area contributed by atoms with E-state index < -0.39 is 10.0 Å². The molecule has 0 aromatic heterocycles. The van der Waals surface area contributed by atoms with Crippen LogP contribution in [0.25, 0.3) is 0 Å². The number of halogens is 2. The van der Waals surface area contributed by atoms with Gasteiger partial charge >= 0.3 is 0 Å². The summed E-state index contributed by atoms with van der Waals surface area (Å²) in [5.41, 5.74) is 0.566. The van der Waals surface area contributed by atoms with Crippen molar-refractivity contribution in [1.29, 1.82) is 0 Å². The molecule has 0 amide bonds. The summed E-state index contributed by atoms with van der Waals surface area (Å²) in [6, 6.07) is 5.41. The first-order valence-corrected chi connectivity index (χ1v) is 8.89. The Bertz CT molecular complexity index is 528. The highest BCUT2D eigenvalue weighted by Gasteiger charge is 2.22. The highest BCUT2D eigenvalue weighted by atomic mass is 79.9. The standard InChI is InChI=1S/C11H14Br2N2O2S/c12-8-3-4-11(10(13)6-8)15-18(16,17)7-9-2-1-5-14-9/h3-4,6,9,14-15H,1-2,5,7H2. The molecule has 4 nitrogen and oxygen atoms in total. The van der Waals surface area contributed by atoms with Crippen molar-refractivity contribution in [1.82, 2.24) is 5.32 Å². The Morgan fingerprint density at radius 1 is 1.39 bits per heavy atom. The van der Waals surface area contributed by atoms with Gasteiger partial charge in [0.1, 0.15) is 0 Å². The fourth-order valence-electron chi connectivity index (χ4n) is 1.95. The van der Waals surface area contributed by atoms with Gasteiger partial charge in [0.15, 0.2) is 0 Å². The van der Waals surface area contributed by atoms with E-state index in [1.807, 2.05) is 6.07 Å². The lowest BCUT2D eigenvalue weighted by Crippen LogP contribution is -2.32. The highest BCUT2D eigenvalue weighted by molar-refractivity contribution is 9.11. The van der Waals surface area contributed by atoms with Gasteiger partial charge in [-0.2, -0.15) is 0 Å². The van der Waals surface area contributed by atoms with Crippen LogP contribution in [0.5, 0.6) is 0 Å². The molecule has 0 saturated carbocycles. The number of nitrogens with one attached hydrogen (secondary N) is 2. The molecule has 0 bridgehead atoms. The average molecular weight is 398 g/mol. The van der Waals surface area contributed by atoms with E-state index in [9.17, 15) is 8.42 Å². The molecule has 1 aliphatic rings. The SMILES string of the molecule is O=S(=O)(CC1CCCN1)Nc1ccc(Br)cc1Br. The Kier molecular flexibility index (Phi) is 4.69. The summed E-state index contributed by atoms with van der Waals surface area (Å²) in [7, 11) is -3.31. The molecular weight excluding hydrogens is 384 g/mol. The molecule has 1 aromatic rings. The zero-order valence-corrected chi connectivity index (χ0v) is 13.6. The number of hydrogen-bond donors (Lipinski definition) is 2. The zero-order chi connectivity index (χ0) is 13.2. The van der Waals surface area contributed by atoms with Gasteiger partial charge < -0.3 is 5.32 Å². The fraction of sp³-hybridized carbons (Fsp3) is 0.455. The molecule has 0 spiro atoms. The maximum atomic E-state index is 12.0. The van der Waals surface area contributed by atoms with Crippen molar-refractivity contribution >= 4 is 47.6 Å². The van der Waals surface area contributed by atoms with Crippen molar-refractivity contribution in [2.75, 3.05) is 17.0 Å². The Hall–Kier alpha value is -0.110. The maximum absolute atomic E-state index is 12.0. The van der Waals surface area contributed by atoms with Crippen LogP contribution in [0.4, 0.5) is 5.69 Å². The maximum Gasteiger partial charge on any atom is 0.234 e. The lowest BCUT2D eigenvalue weighted by atomic mass is 10.3. The van der Waals surface area contributed by atoms with Crippen molar-refractivity contribution in [3.63, 3.8) is 0 Å². The van der Waals surface area contributed by atoms with Gasteiger partial charge in [-0.15, -0.1) is 0 Å². The van der Waals surface area contributed by atoms with E-state index in [0.29, 0.717) is 5.69 Å². The van der Waals surface area contributed by atoms with E-state index in [-0.39, 0.29) is 11.8 Å². The number of sulfonamides is 1. The van der Waals surface area contributed by atoms with Crippen molar-refractivity contribution in [3.8, 4) is 0 Å². The summed E-state index contributed by atoms with van der Waals surface area (Å²) < 4.78 is 28.2. The molecule has 0 aliphatic carbocycles. The first kappa shape index (κ1) is 14.3. The normalized spacial score (nSPS) is 20.0. The molecule has 0 radical (unpaired) electrons. The Balaban J connectivity index is 2.07. The molecule has 2 N–H and O–H groups in total. The van der Waals surface area contributed by atoms with E-state index in [0.717, 1.165) is 28.3 Å². The van der Waals surface area contributed by atoms with E-state index in [2.05, 4.69) is 41.9 Å². The molecule has 100 valence electrons. The van der Waals surface area contributed by atoms with Gasteiger partial charge in [-0.05, 0) is 53.5 Å². The van der Waals surface area contributed by atoms with Crippen LogP contribution < -0.4 is 10.0 Å². The molecule has 1 saturated heterocycles. The second kappa shape index (κ2) is 5.90. The minimum Gasteiger partial charge on any atom is -0.313 e. The Morgan fingerprint density at radius 2 is 2.17 bits per heavy atom. The van der Waals surface area contributed by atoms with Crippen LogP contribution in [0.2, 0.25) is 0 Å². The number of anilines is 1. The van der Waals surface area contributed by atoms with Gasteiger partial charge in [0, 0.05) is 15.0 Å². The van der Waals surface area contributed by atoms with Gasteiger partial charge in [0.2, 0.25) is 10.0 Å². The predicted octanol–water partition coefficient (Wildman–Crippen LogP) is 2.71. The average Bonchev–Trinajstić information content (AvgIpc) is 2.74. The van der Waals surface area contributed by atoms with Crippen LogP contribution in [0.3, 0.4) is 0 Å². The predicted molar refractivity (Wildman–Crippen MR) is 80.3 cm³/mol.